The number of anilines is 2. The number of nitriles is 1. The second-order valence-corrected chi connectivity index (χ2v) is 8.80. The minimum atomic E-state index is 0.187. The lowest BCUT2D eigenvalue weighted by molar-refractivity contribution is 0.719. The van der Waals surface area contributed by atoms with E-state index in [0.29, 0.717) is 11.6 Å². The van der Waals surface area contributed by atoms with Gasteiger partial charge in [0.05, 0.1) is 11.4 Å². The van der Waals surface area contributed by atoms with Crippen LogP contribution in [0.2, 0.25) is 0 Å². The van der Waals surface area contributed by atoms with Gasteiger partial charge in [0, 0.05) is 27.6 Å². The van der Waals surface area contributed by atoms with Gasteiger partial charge in [-0.2, -0.15) is 5.26 Å². The largest absolute Gasteiger partial charge is 0.309 e. The third kappa shape index (κ3) is 3.32. The van der Waals surface area contributed by atoms with Gasteiger partial charge < -0.3 is 4.90 Å². The van der Waals surface area contributed by atoms with Gasteiger partial charge in [-0.25, -0.2) is 0 Å². The fourth-order valence-corrected chi connectivity index (χ4v) is 5.42. The molecular formula is C25H21N3S. The highest BCUT2D eigenvalue weighted by Gasteiger charge is 2.28. The first kappa shape index (κ1) is 18.0. The van der Waals surface area contributed by atoms with Gasteiger partial charge in [-0.05, 0) is 60.7 Å². The average Bonchev–Trinajstić information content (AvgIpc) is 2.77. The lowest BCUT2D eigenvalue weighted by Gasteiger charge is -2.36. The van der Waals surface area contributed by atoms with Crippen LogP contribution in [-0.4, -0.2) is 6.21 Å². The predicted molar refractivity (Wildman–Crippen MR) is 120 cm³/mol. The van der Waals surface area contributed by atoms with Crippen molar-refractivity contribution < 1.29 is 0 Å². The first-order valence-corrected chi connectivity index (χ1v) is 10.8. The highest BCUT2D eigenvalue weighted by Crippen LogP contribution is 2.50. The highest BCUT2D eigenvalue weighted by atomic mass is 32.2. The second-order valence-electron chi connectivity index (χ2n) is 7.67. The zero-order chi connectivity index (χ0) is 19.8. The quantitative estimate of drug-likeness (QED) is 0.568. The summed E-state index contributed by atoms with van der Waals surface area (Å²) in [5, 5.41) is 9.22. The number of thioether (sulfide) groups is 1. The van der Waals surface area contributed by atoms with E-state index < -0.39 is 0 Å². The van der Waals surface area contributed by atoms with Crippen LogP contribution in [0.15, 0.2) is 92.9 Å². The van der Waals surface area contributed by atoms with Gasteiger partial charge in [0.25, 0.3) is 0 Å². The summed E-state index contributed by atoms with van der Waals surface area (Å²) in [4.78, 5) is 9.29. The Kier molecular flexibility index (Phi) is 4.61. The van der Waals surface area contributed by atoms with Crippen LogP contribution in [0, 0.1) is 17.2 Å². The van der Waals surface area contributed by atoms with Crippen molar-refractivity contribution in [3.8, 4) is 6.07 Å². The van der Waals surface area contributed by atoms with Crippen molar-refractivity contribution >= 4 is 29.4 Å². The molecule has 1 aliphatic carbocycles. The number of hydrogen-bond donors (Lipinski definition) is 0. The molecule has 4 heteroatoms. The molecule has 0 spiro atoms. The maximum atomic E-state index is 9.22. The molecule has 2 heterocycles. The first-order chi connectivity index (χ1) is 14.2. The molecule has 29 heavy (non-hydrogen) atoms. The summed E-state index contributed by atoms with van der Waals surface area (Å²) in [6.07, 6.45) is 10.3. The van der Waals surface area contributed by atoms with Gasteiger partial charge in [0.2, 0.25) is 0 Å². The van der Waals surface area contributed by atoms with Gasteiger partial charge in [0.1, 0.15) is 11.8 Å². The number of aliphatic imine (C=N–C) groups is 1. The molecule has 2 aliphatic heterocycles. The van der Waals surface area contributed by atoms with E-state index in [2.05, 4.69) is 83.6 Å². The smallest absolute Gasteiger partial charge is 0.136 e. The third-order valence-corrected chi connectivity index (χ3v) is 6.76. The van der Waals surface area contributed by atoms with Crippen molar-refractivity contribution in [3.05, 3.63) is 88.6 Å². The first-order valence-electron chi connectivity index (χ1n) is 9.95. The molecule has 0 aromatic heterocycles. The van der Waals surface area contributed by atoms with Gasteiger partial charge in [-0.3, -0.25) is 4.99 Å². The van der Waals surface area contributed by atoms with Crippen LogP contribution in [-0.2, 0) is 0 Å². The van der Waals surface area contributed by atoms with E-state index in [0.717, 1.165) is 18.5 Å². The Morgan fingerprint density at radius 2 is 2.07 bits per heavy atom. The Balaban J connectivity index is 1.60. The monoisotopic (exact) mass is 395 g/mol. The summed E-state index contributed by atoms with van der Waals surface area (Å²) in [5.74, 6) is 0.752. The number of para-hydroxylation sites is 1. The Hall–Kier alpha value is -3.03. The number of rotatable bonds is 2. The van der Waals surface area contributed by atoms with E-state index in [4.69, 9.17) is 0 Å². The Morgan fingerprint density at radius 1 is 1.17 bits per heavy atom. The van der Waals surface area contributed by atoms with Gasteiger partial charge >= 0.3 is 0 Å². The third-order valence-electron chi connectivity index (χ3n) is 5.58. The highest BCUT2D eigenvalue weighted by molar-refractivity contribution is 8.03. The van der Waals surface area contributed by atoms with Crippen molar-refractivity contribution in [3.63, 3.8) is 0 Å². The van der Waals surface area contributed by atoms with Crippen molar-refractivity contribution in [1.29, 1.82) is 5.26 Å². The van der Waals surface area contributed by atoms with Crippen LogP contribution >= 0.6 is 11.8 Å². The molecule has 0 fully saturated rings. The predicted octanol–water partition coefficient (Wildman–Crippen LogP) is 6.70. The van der Waals surface area contributed by atoms with Crippen molar-refractivity contribution in [1.82, 2.24) is 0 Å². The normalized spacial score (nSPS) is 22.6. The summed E-state index contributed by atoms with van der Waals surface area (Å²) in [6.45, 7) is 2.27. The topological polar surface area (TPSA) is 39.4 Å². The molecule has 0 radical (unpaired) electrons. The van der Waals surface area contributed by atoms with E-state index in [9.17, 15) is 5.26 Å². The van der Waals surface area contributed by atoms with E-state index in [1.165, 1.54) is 26.7 Å². The van der Waals surface area contributed by atoms with Crippen LogP contribution in [0.1, 0.15) is 31.2 Å². The van der Waals surface area contributed by atoms with Crippen LogP contribution in [0.3, 0.4) is 0 Å². The molecule has 2 unspecified atom stereocenters. The van der Waals surface area contributed by atoms with E-state index in [-0.39, 0.29) is 5.92 Å². The molecule has 2 aromatic rings. The molecule has 0 amide bonds. The minimum Gasteiger partial charge on any atom is -0.309 e. The molecular weight excluding hydrogens is 374 g/mol. The van der Waals surface area contributed by atoms with E-state index in [1.807, 2.05) is 24.1 Å². The Labute approximate surface area is 175 Å². The maximum absolute atomic E-state index is 9.22. The number of fused-ring (bicyclic) bond motifs is 1. The van der Waals surface area contributed by atoms with Gasteiger partial charge in [-0.1, -0.05) is 49.0 Å². The fourth-order valence-electron chi connectivity index (χ4n) is 4.13. The Morgan fingerprint density at radius 3 is 2.97 bits per heavy atom. The van der Waals surface area contributed by atoms with Crippen LogP contribution in [0.4, 0.5) is 11.4 Å². The fraction of sp³-hybridized carbons (Fsp3) is 0.200. The molecule has 3 aliphatic rings. The van der Waals surface area contributed by atoms with Crippen LogP contribution in [0.25, 0.3) is 0 Å². The number of benzene rings is 2. The summed E-state index contributed by atoms with van der Waals surface area (Å²) < 4.78 is 0. The van der Waals surface area contributed by atoms with Crippen LogP contribution < -0.4 is 4.90 Å². The van der Waals surface area contributed by atoms with Gasteiger partial charge in [-0.15, -0.1) is 0 Å². The number of allylic oxidation sites excluding steroid dienone is 5. The van der Waals surface area contributed by atoms with Crippen molar-refractivity contribution in [2.75, 3.05) is 4.90 Å². The molecule has 0 saturated carbocycles. The molecule has 142 valence electrons. The molecule has 2 atom stereocenters. The molecule has 2 aromatic carbocycles. The summed E-state index contributed by atoms with van der Waals surface area (Å²) in [5.41, 5.74) is 5.39. The minimum absolute atomic E-state index is 0.187. The lowest BCUT2D eigenvalue weighted by atomic mass is 9.93. The molecule has 3 nitrogen and oxygen atoms in total. The summed E-state index contributed by atoms with van der Waals surface area (Å²) >= 11 is 1.90. The molecule has 0 bridgehead atoms. The maximum Gasteiger partial charge on any atom is 0.136 e. The molecule has 0 N–H and O–H groups in total. The lowest BCUT2D eigenvalue weighted by Crippen LogP contribution is -2.22. The zero-order valence-corrected chi connectivity index (χ0v) is 17.1. The average molecular weight is 396 g/mol. The zero-order valence-electron chi connectivity index (χ0n) is 16.2. The summed E-state index contributed by atoms with van der Waals surface area (Å²) in [7, 11) is 0. The number of hydrogen-bond acceptors (Lipinski definition) is 4. The standard InChI is InChI=1S/C25H21N3S/c1-17-9-10-23-25(13-17)29-24-8-3-2-7-22(24)28(23)21-6-4-5-18(15-21)19-11-12-27-20(14-19)16-26/h2-10,12,14-15,17,19H,11,13H2,1H3. The van der Waals surface area contributed by atoms with E-state index in [1.54, 1.807) is 0 Å². The van der Waals surface area contributed by atoms with E-state index >= 15 is 0 Å². The van der Waals surface area contributed by atoms with Crippen LogP contribution in [0.5, 0.6) is 0 Å². The van der Waals surface area contributed by atoms with Crippen molar-refractivity contribution in [2.45, 2.75) is 30.6 Å². The Bertz CT molecular complexity index is 1130. The second kappa shape index (κ2) is 7.42. The molecule has 0 saturated heterocycles. The SMILES string of the molecule is CC1C=CC2=C(C1)Sc1ccccc1N2c1cccc(C2C=C(C#N)N=CC2)c1. The van der Waals surface area contributed by atoms with Gasteiger partial charge in [0.15, 0.2) is 0 Å². The number of nitrogens with zero attached hydrogens (tertiary/aromatic N) is 3. The van der Waals surface area contributed by atoms with Crippen molar-refractivity contribution in [2.24, 2.45) is 10.9 Å². The summed E-state index contributed by atoms with van der Waals surface area (Å²) in [6, 6.07) is 19.5. The molecule has 5 rings (SSSR count).